The third kappa shape index (κ3) is 5.13. The van der Waals surface area contributed by atoms with Gasteiger partial charge < -0.3 is 20.8 Å². The Labute approximate surface area is 151 Å². The number of ether oxygens (including phenoxy) is 1. The fourth-order valence-electron chi connectivity index (χ4n) is 2.58. The molecule has 2 aromatic carbocycles. The maximum Gasteiger partial charge on any atom is 0.573 e. The summed E-state index contributed by atoms with van der Waals surface area (Å²) in [5.74, 6) is -0.522. The highest BCUT2D eigenvalue weighted by Gasteiger charge is 2.30. The maximum absolute atomic E-state index is 13.4. The van der Waals surface area contributed by atoms with Crippen LogP contribution in [0.25, 0.3) is 10.9 Å². The van der Waals surface area contributed by atoms with Gasteiger partial charge in [0.15, 0.2) is 5.96 Å². The van der Waals surface area contributed by atoms with Crippen molar-refractivity contribution < 1.29 is 22.3 Å². The number of rotatable bonds is 5. The van der Waals surface area contributed by atoms with Gasteiger partial charge in [0, 0.05) is 29.3 Å². The average molecular weight is 380 g/mol. The molecule has 0 aliphatic heterocycles. The van der Waals surface area contributed by atoms with Gasteiger partial charge in [0.1, 0.15) is 11.6 Å². The van der Waals surface area contributed by atoms with E-state index in [-0.39, 0.29) is 17.5 Å². The summed E-state index contributed by atoms with van der Waals surface area (Å²) in [6, 6.07) is 9.63. The summed E-state index contributed by atoms with van der Waals surface area (Å²) in [6.45, 7) is 0.359. The summed E-state index contributed by atoms with van der Waals surface area (Å²) in [7, 11) is 0. The van der Waals surface area contributed by atoms with Crippen molar-refractivity contribution in [2.45, 2.75) is 12.8 Å². The number of nitrogens with one attached hydrogen (secondary N) is 2. The molecule has 0 fully saturated rings. The number of fused-ring (bicyclic) bond motifs is 1. The Balaban J connectivity index is 1.57. The Bertz CT molecular complexity index is 948. The molecule has 0 bridgehead atoms. The van der Waals surface area contributed by atoms with Crippen LogP contribution in [-0.2, 0) is 6.42 Å². The molecule has 9 heteroatoms. The topological polar surface area (TPSA) is 75.4 Å². The number of nitrogens with two attached hydrogens (primary N) is 1. The average Bonchev–Trinajstić information content (AvgIpc) is 2.98. The van der Waals surface area contributed by atoms with E-state index in [4.69, 9.17) is 5.73 Å². The Hall–Kier alpha value is -3.23. The van der Waals surface area contributed by atoms with E-state index < -0.39 is 6.36 Å². The fraction of sp³-hybridized carbons (Fsp3) is 0.167. The van der Waals surface area contributed by atoms with E-state index in [2.05, 4.69) is 20.0 Å². The minimum absolute atomic E-state index is 0.116. The van der Waals surface area contributed by atoms with Crippen LogP contribution in [0.15, 0.2) is 53.7 Å². The molecule has 0 saturated carbocycles. The van der Waals surface area contributed by atoms with Gasteiger partial charge in [-0.3, -0.25) is 4.99 Å². The number of alkyl halides is 3. The quantitative estimate of drug-likeness (QED) is 0.353. The van der Waals surface area contributed by atoms with Gasteiger partial charge in [0.05, 0.1) is 0 Å². The number of nitrogens with zero attached hydrogens (tertiary/aromatic N) is 1. The Kier molecular flexibility index (Phi) is 5.20. The van der Waals surface area contributed by atoms with Gasteiger partial charge in [-0.15, -0.1) is 13.2 Å². The molecule has 1 aromatic heterocycles. The molecule has 4 N–H and O–H groups in total. The molecular formula is C18H16F4N4O. The Morgan fingerprint density at radius 1 is 1.15 bits per heavy atom. The third-order valence-electron chi connectivity index (χ3n) is 3.75. The van der Waals surface area contributed by atoms with E-state index in [1.54, 1.807) is 12.3 Å². The van der Waals surface area contributed by atoms with Crippen molar-refractivity contribution in [2.24, 2.45) is 10.7 Å². The molecule has 142 valence electrons. The molecule has 0 radical (unpaired) electrons. The van der Waals surface area contributed by atoms with Crippen LogP contribution in [0.1, 0.15) is 5.56 Å². The lowest BCUT2D eigenvalue weighted by molar-refractivity contribution is -0.274. The molecule has 0 saturated heterocycles. The number of aromatic nitrogens is 1. The van der Waals surface area contributed by atoms with Gasteiger partial charge in [0.25, 0.3) is 0 Å². The highest BCUT2D eigenvalue weighted by atomic mass is 19.4. The van der Waals surface area contributed by atoms with Crippen LogP contribution in [0.2, 0.25) is 0 Å². The number of anilines is 1. The van der Waals surface area contributed by atoms with Crippen molar-refractivity contribution in [3.8, 4) is 5.75 Å². The van der Waals surface area contributed by atoms with Crippen LogP contribution in [-0.4, -0.2) is 23.9 Å². The Morgan fingerprint density at radius 3 is 2.59 bits per heavy atom. The lowest BCUT2D eigenvalue weighted by Crippen LogP contribution is -2.23. The van der Waals surface area contributed by atoms with Crippen molar-refractivity contribution in [1.29, 1.82) is 0 Å². The number of guanidine groups is 1. The maximum atomic E-state index is 13.4. The molecule has 5 nitrogen and oxygen atoms in total. The molecule has 3 aromatic rings. The summed E-state index contributed by atoms with van der Waals surface area (Å²) in [6.07, 6.45) is -2.40. The van der Waals surface area contributed by atoms with Crippen molar-refractivity contribution >= 4 is 22.5 Å². The summed E-state index contributed by atoms with van der Waals surface area (Å²) < 4.78 is 53.5. The van der Waals surface area contributed by atoms with E-state index in [9.17, 15) is 17.6 Å². The zero-order valence-corrected chi connectivity index (χ0v) is 14.0. The zero-order chi connectivity index (χ0) is 19.4. The standard InChI is InChI=1S/C18H16F4N4O/c19-12-1-6-16-15(9-12)11(10-25-16)7-8-24-17(23)26-13-2-4-14(5-3-13)27-18(20,21)22/h1-6,9-10,25H,7-8H2,(H3,23,24,26). The number of hydrogen-bond donors (Lipinski definition) is 3. The minimum Gasteiger partial charge on any atom is -0.406 e. The van der Waals surface area contributed by atoms with Crippen LogP contribution in [0.4, 0.5) is 23.2 Å². The summed E-state index contributed by atoms with van der Waals surface area (Å²) in [5, 5.41) is 3.57. The lowest BCUT2D eigenvalue weighted by Gasteiger charge is -2.10. The molecule has 0 spiro atoms. The van der Waals surface area contributed by atoms with Gasteiger partial charge >= 0.3 is 6.36 Å². The second kappa shape index (κ2) is 7.56. The fourth-order valence-corrected chi connectivity index (χ4v) is 2.58. The predicted molar refractivity (Wildman–Crippen MR) is 95.2 cm³/mol. The first-order valence-electron chi connectivity index (χ1n) is 7.98. The molecule has 0 unspecified atom stereocenters. The monoisotopic (exact) mass is 380 g/mol. The summed E-state index contributed by atoms with van der Waals surface area (Å²) in [4.78, 5) is 7.23. The number of H-pyrrole nitrogens is 1. The Morgan fingerprint density at radius 2 is 1.89 bits per heavy atom. The molecule has 3 rings (SSSR count). The van der Waals surface area contributed by atoms with E-state index >= 15 is 0 Å². The van der Waals surface area contributed by atoms with Crippen LogP contribution in [0.3, 0.4) is 0 Å². The number of aliphatic imine (C=N–C) groups is 1. The highest BCUT2D eigenvalue weighted by molar-refractivity contribution is 5.92. The van der Waals surface area contributed by atoms with Crippen LogP contribution >= 0.6 is 0 Å². The van der Waals surface area contributed by atoms with Gasteiger partial charge in [-0.25, -0.2) is 4.39 Å². The molecule has 0 atom stereocenters. The molecule has 27 heavy (non-hydrogen) atoms. The number of benzene rings is 2. The summed E-state index contributed by atoms with van der Waals surface area (Å²) in [5.41, 5.74) is 8.00. The molecule has 0 amide bonds. The first-order valence-corrected chi connectivity index (χ1v) is 7.98. The zero-order valence-electron chi connectivity index (χ0n) is 14.0. The second-order valence-corrected chi connectivity index (χ2v) is 5.72. The molecular weight excluding hydrogens is 364 g/mol. The number of aromatic amines is 1. The molecule has 0 aliphatic rings. The van der Waals surface area contributed by atoms with Gasteiger partial charge in [-0.2, -0.15) is 0 Å². The van der Waals surface area contributed by atoms with E-state index in [1.807, 2.05) is 0 Å². The largest absolute Gasteiger partial charge is 0.573 e. The van der Waals surface area contributed by atoms with E-state index in [0.717, 1.165) is 16.5 Å². The SMILES string of the molecule is NC(=NCCc1c[nH]c2ccc(F)cc12)Nc1ccc(OC(F)(F)F)cc1. The predicted octanol–water partition coefficient (Wildman–Crippen LogP) is 4.17. The minimum atomic E-state index is -4.74. The first-order chi connectivity index (χ1) is 12.8. The van der Waals surface area contributed by atoms with Crippen LogP contribution < -0.4 is 15.8 Å². The van der Waals surface area contributed by atoms with Crippen molar-refractivity contribution in [2.75, 3.05) is 11.9 Å². The van der Waals surface area contributed by atoms with Gasteiger partial charge in [0.2, 0.25) is 0 Å². The van der Waals surface area contributed by atoms with Crippen LogP contribution in [0, 0.1) is 5.82 Å². The van der Waals surface area contributed by atoms with Crippen LogP contribution in [0.5, 0.6) is 5.75 Å². The second-order valence-electron chi connectivity index (χ2n) is 5.72. The van der Waals surface area contributed by atoms with Crippen molar-refractivity contribution in [1.82, 2.24) is 4.98 Å². The highest BCUT2D eigenvalue weighted by Crippen LogP contribution is 2.24. The number of hydrogen-bond acceptors (Lipinski definition) is 2. The van der Waals surface area contributed by atoms with E-state index in [1.165, 1.54) is 36.4 Å². The molecule has 1 heterocycles. The van der Waals surface area contributed by atoms with E-state index in [0.29, 0.717) is 18.7 Å². The normalized spacial score (nSPS) is 12.4. The third-order valence-corrected chi connectivity index (χ3v) is 3.75. The molecule has 0 aliphatic carbocycles. The van der Waals surface area contributed by atoms with Crippen molar-refractivity contribution in [3.63, 3.8) is 0 Å². The summed E-state index contributed by atoms with van der Waals surface area (Å²) >= 11 is 0. The lowest BCUT2D eigenvalue weighted by atomic mass is 10.1. The van der Waals surface area contributed by atoms with Gasteiger partial charge in [-0.1, -0.05) is 0 Å². The van der Waals surface area contributed by atoms with Gasteiger partial charge in [-0.05, 0) is 54.4 Å². The smallest absolute Gasteiger partial charge is 0.406 e. The first kappa shape index (κ1) is 18.6. The van der Waals surface area contributed by atoms with Crippen molar-refractivity contribution in [3.05, 3.63) is 60.0 Å². The number of halogens is 4.